The maximum atomic E-state index is 12.5. The molecule has 1 aromatic rings. The SMILES string of the molecule is Cc1ccc(CNC(=O)[C@H]2CC(=O)N(C3CCCCCCC3)C2)cc1. The first-order valence-electron chi connectivity index (χ1n) is 9.76. The zero-order valence-electron chi connectivity index (χ0n) is 15.3. The van der Waals surface area contributed by atoms with E-state index in [4.69, 9.17) is 0 Å². The Morgan fingerprint density at radius 3 is 2.40 bits per heavy atom. The lowest BCUT2D eigenvalue weighted by atomic mass is 9.96. The number of carbonyl (C=O) groups is 2. The largest absolute Gasteiger partial charge is 0.352 e. The topological polar surface area (TPSA) is 49.4 Å². The molecule has 1 aliphatic carbocycles. The van der Waals surface area contributed by atoms with Crippen molar-refractivity contribution >= 4 is 11.8 Å². The van der Waals surface area contributed by atoms with Gasteiger partial charge in [0.2, 0.25) is 11.8 Å². The van der Waals surface area contributed by atoms with Gasteiger partial charge in [-0.3, -0.25) is 9.59 Å². The average molecular weight is 342 g/mol. The summed E-state index contributed by atoms with van der Waals surface area (Å²) in [6.07, 6.45) is 8.86. The highest BCUT2D eigenvalue weighted by atomic mass is 16.2. The van der Waals surface area contributed by atoms with Crippen LogP contribution in [0, 0.1) is 12.8 Å². The van der Waals surface area contributed by atoms with E-state index in [2.05, 4.69) is 24.4 Å². The molecular formula is C21H30N2O2. The highest BCUT2D eigenvalue weighted by Crippen LogP contribution is 2.27. The summed E-state index contributed by atoms with van der Waals surface area (Å²) in [7, 11) is 0. The van der Waals surface area contributed by atoms with Crippen molar-refractivity contribution in [1.29, 1.82) is 0 Å². The number of rotatable bonds is 4. The third-order valence-electron chi connectivity index (χ3n) is 5.63. The Balaban J connectivity index is 1.52. The molecule has 1 heterocycles. The Morgan fingerprint density at radius 1 is 1.08 bits per heavy atom. The number of hydrogen-bond acceptors (Lipinski definition) is 2. The summed E-state index contributed by atoms with van der Waals surface area (Å²) in [4.78, 5) is 26.9. The standard InChI is InChI=1S/C21H30N2O2/c1-16-9-11-17(12-10-16)14-22-21(25)18-13-20(24)23(15-18)19-7-5-3-2-4-6-8-19/h9-12,18-19H,2-8,13-15H2,1H3,(H,22,25)/t18-/m0/s1. The van der Waals surface area contributed by atoms with Crippen LogP contribution in [-0.2, 0) is 16.1 Å². The normalized spacial score (nSPS) is 22.5. The molecule has 0 spiro atoms. The van der Waals surface area contributed by atoms with Crippen molar-refractivity contribution in [2.75, 3.05) is 6.54 Å². The van der Waals surface area contributed by atoms with Gasteiger partial charge < -0.3 is 10.2 Å². The Labute approximate surface area is 151 Å². The Hall–Kier alpha value is -1.84. The molecule has 4 nitrogen and oxygen atoms in total. The van der Waals surface area contributed by atoms with E-state index >= 15 is 0 Å². The van der Waals surface area contributed by atoms with Gasteiger partial charge in [0.05, 0.1) is 5.92 Å². The minimum Gasteiger partial charge on any atom is -0.352 e. The fraction of sp³-hybridized carbons (Fsp3) is 0.619. The molecule has 0 aromatic heterocycles. The second kappa shape index (κ2) is 8.50. The van der Waals surface area contributed by atoms with Crippen molar-refractivity contribution in [3.8, 4) is 0 Å². The zero-order chi connectivity index (χ0) is 17.6. The van der Waals surface area contributed by atoms with Gasteiger partial charge in [0.15, 0.2) is 0 Å². The van der Waals surface area contributed by atoms with E-state index in [1.165, 1.54) is 37.7 Å². The lowest BCUT2D eigenvalue weighted by Crippen LogP contribution is -2.38. The summed E-state index contributed by atoms with van der Waals surface area (Å²) >= 11 is 0. The molecule has 1 N–H and O–H groups in total. The summed E-state index contributed by atoms with van der Waals surface area (Å²) in [6.45, 7) is 3.19. The first kappa shape index (κ1) is 18.0. The van der Waals surface area contributed by atoms with Gasteiger partial charge in [-0.2, -0.15) is 0 Å². The predicted molar refractivity (Wildman–Crippen MR) is 99.0 cm³/mol. The molecular weight excluding hydrogens is 312 g/mol. The number of nitrogens with zero attached hydrogens (tertiary/aromatic N) is 1. The molecule has 0 radical (unpaired) electrons. The molecule has 1 saturated carbocycles. The van der Waals surface area contributed by atoms with Crippen LogP contribution in [0.5, 0.6) is 0 Å². The van der Waals surface area contributed by atoms with Gasteiger partial charge in [-0.15, -0.1) is 0 Å². The predicted octanol–water partition coefficient (Wildman–Crippen LogP) is 3.57. The van der Waals surface area contributed by atoms with E-state index < -0.39 is 0 Å². The molecule has 136 valence electrons. The van der Waals surface area contributed by atoms with Gasteiger partial charge in [0.25, 0.3) is 0 Å². The first-order chi connectivity index (χ1) is 12.1. The molecule has 1 aliphatic heterocycles. The van der Waals surface area contributed by atoms with E-state index in [1.807, 2.05) is 17.0 Å². The summed E-state index contributed by atoms with van der Waals surface area (Å²) in [5, 5.41) is 3.01. The average Bonchev–Trinajstić information content (AvgIpc) is 2.96. The van der Waals surface area contributed by atoms with Gasteiger partial charge in [-0.1, -0.05) is 61.9 Å². The van der Waals surface area contributed by atoms with Crippen LogP contribution in [-0.4, -0.2) is 29.3 Å². The van der Waals surface area contributed by atoms with Gasteiger partial charge in [-0.25, -0.2) is 0 Å². The minimum atomic E-state index is -0.191. The smallest absolute Gasteiger partial charge is 0.225 e. The van der Waals surface area contributed by atoms with Crippen molar-refractivity contribution in [2.45, 2.75) is 70.9 Å². The number of hydrogen-bond donors (Lipinski definition) is 1. The summed E-state index contributed by atoms with van der Waals surface area (Å²) < 4.78 is 0. The molecule has 2 amide bonds. The van der Waals surface area contributed by atoms with Crippen molar-refractivity contribution in [3.63, 3.8) is 0 Å². The van der Waals surface area contributed by atoms with E-state index in [9.17, 15) is 9.59 Å². The molecule has 2 aliphatic rings. The molecule has 3 rings (SSSR count). The van der Waals surface area contributed by atoms with E-state index in [0.717, 1.165) is 18.4 Å². The van der Waals surface area contributed by atoms with E-state index in [0.29, 0.717) is 25.6 Å². The first-order valence-corrected chi connectivity index (χ1v) is 9.76. The van der Waals surface area contributed by atoms with Crippen LogP contribution in [0.4, 0.5) is 0 Å². The molecule has 2 fully saturated rings. The molecule has 0 bridgehead atoms. The van der Waals surface area contributed by atoms with Crippen LogP contribution in [0.3, 0.4) is 0 Å². The molecule has 4 heteroatoms. The highest BCUT2D eigenvalue weighted by Gasteiger charge is 2.37. The molecule has 1 aromatic carbocycles. The monoisotopic (exact) mass is 342 g/mol. The second-order valence-corrected chi connectivity index (χ2v) is 7.65. The van der Waals surface area contributed by atoms with Gasteiger partial charge >= 0.3 is 0 Å². The van der Waals surface area contributed by atoms with Crippen molar-refractivity contribution < 1.29 is 9.59 Å². The van der Waals surface area contributed by atoms with Crippen LogP contribution >= 0.6 is 0 Å². The lowest BCUT2D eigenvalue weighted by molar-refractivity contribution is -0.130. The Kier molecular flexibility index (Phi) is 6.11. The van der Waals surface area contributed by atoms with Crippen molar-refractivity contribution in [3.05, 3.63) is 35.4 Å². The lowest BCUT2D eigenvalue weighted by Gasteiger charge is -2.29. The third-order valence-corrected chi connectivity index (χ3v) is 5.63. The number of likely N-dealkylation sites (tertiary alicyclic amines) is 1. The number of benzene rings is 1. The zero-order valence-corrected chi connectivity index (χ0v) is 15.3. The van der Waals surface area contributed by atoms with Crippen molar-refractivity contribution in [2.24, 2.45) is 5.92 Å². The van der Waals surface area contributed by atoms with E-state index in [-0.39, 0.29) is 17.7 Å². The fourth-order valence-electron chi connectivity index (χ4n) is 4.05. The maximum Gasteiger partial charge on any atom is 0.225 e. The van der Waals surface area contributed by atoms with Crippen LogP contribution < -0.4 is 5.32 Å². The number of amides is 2. The van der Waals surface area contributed by atoms with E-state index in [1.54, 1.807) is 0 Å². The fourth-order valence-corrected chi connectivity index (χ4v) is 4.05. The summed E-state index contributed by atoms with van der Waals surface area (Å²) in [5.41, 5.74) is 2.31. The maximum absolute atomic E-state index is 12.5. The molecule has 1 saturated heterocycles. The minimum absolute atomic E-state index is 0.0160. The Morgan fingerprint density at radius 2 is 1.72 bits per heavy atom. The molecule has 25 heavy (non-hydrogen) atoms. The third kappa shape index (κ3) is 4.83. The summed E-state index contributed by atoms with van der Waals surface area (Å²) in [5.74, 6) is -0.00767. The number of nitrogens with one attached hydrogen (secondary N) is 1. The van der Waals surface area contributed by atoms with Crippen LogP contribution in [0.15, 0.2) is 24.3 Å². The molecule has 1 atom stereocenters. The van der Waals surface area contributed by atoms with Crippen molar-refractivity contribution in [1.82, 2.24) is 10.2 Å². The quantitative estimate of drug-likeness (QED) is 0.909. The van der Waals surface area contributed by atoms with Crippen LogP contribution in [0.2, 0.25) is 0 Å². The molecule has 0 unspecified atom stereocenters. The number of aryl methyl sites for hydroxylation is 1. The number of carbonyl (C=O) groups excluding carboxylic acids is 2. The van der Waals surface area contributed by atoms with Gasteiger partial charge in [-0.05, 0) is 25.3 Å². The Bertz CT molecular complexity index is 588. The van der Waals surface area contributed by atoms with Gasteiger partial charge in [0, 0.05) is 25.6 Å². The van der Waals surface area contributed by atoms with Gasteiger partial charge in [0.1, 0.15) is 0 Å². The van der Waals surface area contributed by atoms with Crippen LogP contribution in [0.1, 0.15) is 62.5 Å². The van der Waals surface area contributed by atoms with Crippen LogP contribution in [0.25, 0.3) is 0 Å². The second-order valence-electron chi connectivity index (χ2n) is 7.65. The summed E-state index contributed by atoms with van der Waals surface area (Å²) in [6, 6.07) is 8.53. The highest BCUT2D eigenvalue weighted by molar-refractivity contribution is 5.89.